The Balaban J connectivity index is 2.82. The van der Waals surface area contributed by atoms with Crippen molar-refractivity contribution >= 4 is 23.4 Å². The van der Waals surface area contributed by atoms with E-state index in [0.29, 0.717) is 10.7 Å². The summed E-state index contributed by atoms with van der Waals surface area (Å²) in [6.07, 6.45) is 8.36. The maximum atomic E-state index is 9.40. The zero-order chi connectivity index (χ0) is 16.4. The van der Waals surface area contributed by atoms with Gasteiger partial charge >= 0.3 is 0 Å². The van der Waals surface area contributed by atoms with Gasteiger partial charge in [0.1, 0.15) is 0 Å². The molecule has 0 aliphatic rings. The monoisotopic (exact) mass is 322 g/mol. The molecule has 0 amide bonds. The second kappa shape index (κ2) is 10.4. The Bertz CT molecular complexity index is 498. The van der Waals surface area contributed by atoms with E-state index in [9.17, 15) is 5.21 Å². The molecule has 1 aromatic rings. The van der Waals surface area contributed by atoms with Crippen LogP contribution in [-0.2, 0) is 0 Å². The fourth-order valence-electron chi connectivity index (χ4n) is 2.45. The highest BCUT2D eigenvalue weighted by atomic mass is 35.5. The van der Waals surface area contributed by atoms with Crippen LogP contribution in [0.2, 0.25) is 5.02 Å². The highest BCUT2D eigenvalue weighted by Crippen LogP contribution is 2.19. The minimum absolute atomic E-state index is 0.227. The number of unbranched alkanes of at least 4 members (excludes halogenated alkanes) is 2. The summed E-state index contributed by atoms with van der Waals surface area (Å²) in [5, 5.41) is 13.6. The van der Waals surface area contributed by atoms with E-state index in [2.05, 4.69) is 17.0 Å². The van der Waals surface area contributed by atoms with Crippen LogP contribution in [0, 0.1) is 5.92 Å². The molecule has 0 aromatic heterocycles. The van der Waals surface area contributed by atoms with Gasteiger partial charge in [0.15, 0.2) is 0 Å². The van der Waals surface area contributed by atoms with Crippen molar-refractivity contribution in [2.45, 2.75) is 32.6 Å². The van der Waals surface area contributed by atoms with E-state index >= 15 is 0 Å². The molecular formula is C18H27ClN2O. The lowest BCUT2D eigenvalue weighted by Gasteiger charge is -2.20. The van der Waals surface area contributed by atoms with E-state index in [1.165, 1.54) is 12.8 Å². The number of rotatable bonds is 9. The predicted molar refractivity (Wildman–Crippen MR) is 95.9 cm³/mol. The molecule has 3 nitrogen and oxygen atoms in total. The van der Waals surface area contributed by atoms with Gasteiger partial charge in [-0.25, -0.2) is 0 Å². The van der Waals surface area contributed by atoms with Gasteiger partial charge in [0.2, 0.25) is 0 Å². The highest BCUT2D eigenvalue weighted by Gasteiger charge is 2.15. The third-order valence-corrected chi connectivity index (χ3v) is 3.96. The van der Waals surface area contributed by atoms with E-state index < -0.39 is 0 Å². The maximum Gasteiger partial charge on any atom is 0.0839 e. The summed E-state index contributed by atoms with van der Waals surface area (Å²) in [7, 11) is 4.08. The first-order valence-corrected chi connectivity index (χ1v) is 8.25. The van der Waals surface area contributed by atoms with Crippen molar-refractivity contribution in [1.29, 1.82) is 0 Å². The number of hydrogen-bond acceptors (Lipinski definition) is 3. The molecule has 4 heteroatoms. The summed E-state index contributed by atoms with van der Waals surface area (Å²) in [6.45, 7) is 3.06. The number of hydrogen-bond donors (Lipinski definition) is 1. The van der Waals surface area contributed by atoms with Gasteiger partial charge in [0.25, 0.3) is 0 Å². The molecule has 1 rings (SSSR count). The van der Waals surface area contributed by atoms with E-state index in [0.717, 1.165) is 24.9 Å². The van der Waals surface area contributed by atoms with Gasteiger partial charge in [-0.05, 0) is 38.2 Å². The summed E-state index contributed by atoms with van der Waals surface area (Å²) < 4.78 is 0. The molecule has 0 fully saturated rings. The molecule has 0 radical (unpaired) electrons. The van der Waals surface area contributed by atoms with Crippen molar-refractivity contribution in [3.8, 4) is 0 Å². The molecule has 0 heterocycles. The summed E-state index contributed by atoms with van der Waals surface area (Å²) in [5.41, 5.74) is 1.65. The molecule has 0 saturated carbocycles. The van der Waals surface area contributed by atoms with Gasteiger partial charge in [-0.3, -0.25) is 0 Å². The topological polar surface area (TPSA) is 35.8 Å². The fraction of sp³-hybridized carbons (Fsp3) is 0.500. The Morgan fingerprint density at radius 3 is 2.64 bits per heavy atom. The van der Waals surface area contributed by atoms with Gasteiger partial charge in [0, 0.05) is 17.5 Å². The normalized spacial score (nSPS) is 14.0. The largest absolute Gasteiger partial charge is 0.411 e. The molecule has 0 spiro atoms. The molecule has 0 aliphatic carbocycles. The van der Waals surface area contributed by atoms with Crippen molar-refractivity contribution in [1.82, 2.24) is 4.90 Å². The molecule has 0 bridgehead atoms. The fourth-order valence-corrected chi connectivity index (χ4v) is 2.65. The van der Waals surface area contributed by atoms with E-state index in [1.54, 1.807) is 0 Å². The molecule has 22 heavy (non-hydrogen) atoms. The average molecular weight is 323 g/mol. The van der Waals surface area contributed by atoms with Gasteiger partial charge in [-0.1, -0.05) is 67.2 Å². The smallest absolute Gasteiger partial charge is 0.0839 e. The summed E-state index contributed by atoms with van der Waals surface area (Å²) in [4.78, 5) is 2.13. The van der Waals surface area contributed by atoms with Crippen LogP contribution < -0.4 is 0 Å². The summed E-state index contributed by atoms with van der Waals surface area (Å²) >= 11 is 6.16. The van der Waals surface area contributed by atoms with Crippen molar-refractivity contribution in [2.24, 2.45) is 11.1 Å². The zero-order valence-electron chi connectivity index (χ0n) is 13.8. The third-order valence-electron chi connectivity index (χ3n) is 3.61. The lowest BCUT2D eigenvalue weighted by atomic mass is 9.94. The summed E-state index contributed by atoms with van der Waals surface area (Å²) in [5.74, 6) is 0.227. The van der Waals surface area contributed by atoms with Crippen LogP contribution in [-0.4, -0.2) is 36.5 Å². The quantitative estimate of drug-likeness (QED) is 0.302. The zero-order valence-corrected chi connectivity index (χ0v) is 14.6. The lowest BCUT2D eigenvalue weighted by Crippen LogP contribution is -2.27. The molecule has 122 valence electrons. The first-order valence-electron chi connectivity index (χ1n) is 7.87. The Morgan fingerprint density at radius 1 is 1.32 bits per heavy atom. The standard InChI is InChI=1S/C18H27ClN2O/c1-4-5-6-10-16(14-21(2)3)18(20-22)13-12-15-9-7-8-11-17(15)19/h7-9,11-13,16,22H,4-6,10,14H2,1-3H3/b13-12-,20-18-/t16-/m0/s1. The number of nitrogens with zero attached hydrogens (tertiary/aromatic N) is 2. The molecule has 0 unspecified atom stereocenters. The Labute approximate surface area is 139 Å². The first kappa shape index (κ1) is 18.7. The third kappa shape index (κ3) is 6.63. The summed E-state index contributed by atoms with van der Waals surface area (Å²) in [6, 6.07) is 7.65. The van der Waals surface area contributed by atoms with Gasteiger partial charge in [0.05, 0.1) is 5.71 Å². The Hall–Kier alpha value is -1.32. The molecule has 0 saturated heterocycles. The van der Waals surface area contributed by atoms with E-state index in [4.69, 9.17) is 11.6 Å². The van der Waals surface area contributed by atoms with Crippen molar-refractivity contribution < 1.29 is 5.21 Å². The van der Waals surface area contributed by atoms with Gasteiger partial charge < -0.3 is 10.1 Å². The molecular weight excluding hydrogens is 296 g/mol. The van der Waals surface area contributed by atoms with Crippen LogP contribution in [0.3, 0.4) is 0 Å². The second-order valence-electron chi connectivity index (χ2n) is 5.83. The highest BCUT2D eigenvalue weighted by molar-refractivity contribution is 6.32. The van der Waals surface area contributed by atoms with E-state index in [-0.39, 0.29) is 5.92 Å². The van der Waals surface area contributed by atoms with Crippen molar-refractivity contribution in [3.05, 3.63) is 40.9 Å². The predicted octanol–water partition coefficient (Wildman–Crippen LogP) is 4.94. The van der Waals surface area contributed by atoms with Crippen molar-refractivity contribution in [3.63, 3.8) is 0 Å². The molecule has 0 aliphatic heterocycles. The van der Waals surface area contributed by atoms with Crippen LogP contribution in [0.25, 0.3) is 6.08 Å². The Morgan fingerprint density at radius 2 is 2.05 bits per heavy atom. The number of allylic oxidation sites excluding steroid dienone is 1. The van der Waals surface area contributed by atoms with Gasteiger partial charge in [-0.2, -0.15) is 0 Å². The van der Waals surface area contributed by atoms with Gasteiger partial charge in [-0.15, -0.1) is 0 Å². The van der Waals surface area contributed by atoms with Crippen molar-refractivity contribution in [2.75, 3.05) is 20.6 Å². The molecule has 1 N–H and O–H groups in total. The maximum absolute atomic E-state index is 9.40. The minimum atomic E-state index is 0.227. The van der Waals surface area contributed by atoms with Crippen LogP contribution >= 0.6 is 11.6 Å². The molecule has 1 atom stereocenters. The van der Waals surface area contributed by atoms with E-state index in [1.807, 2.05) is 50.5 Å². The van der Waals surface area contributed by atoms with Crippen LogP contribution in [0.15, 0.2) is 35.5 Å². The molecule has 1 aromatic carbocycles. The number of benzene rings is 1. The van der Waals surface area contributed by atoms with Crippen LogP contribution in [0.5, 0.6) is 0 Å². The lowest BCUT2D eigenvalue weighted by molar-refractivity contribution is 0.305. The number of halogens is 1. The number of oxime groups is 1. The van der Waals surface area contributed by atoms with Crippen LogP contribution in [0.4, 0.5) is 0 Å². The SMILES string of the molecule is CCCCC[C@@H](CN(C)C)C(/C=C\c1ccccc1Cl)=N\O. The first-order chi connectivity index (χ1) is 10.6. The Kier molecular flexibility index (Phi) is 8.86. The van der Waals surface area contributed by atoms with Crippen LogP contribution in [0.1, 0.15) is 38.2 Å². The average Bonchev–Trinajstić information content (AvgIpc) is 2.49. The second-order valence-corrected chi connectivity index (χ2v) is 6.24. The minimum Gasteiger partial charge on any atom is -0.411 e.